The van der Waals surface area contributed by atoms with Gasteiger partial charge in [-0.3, -0.25) is 9.69 Å². The molecule has 5 nitrogen and oxygen atoms in total. The molecule has 0 bridgehead atoms. The van der Waals surface area contributed by atoms with Gasteiger partial charge in [-0.05, 0) is 44.7 Å². The highest BCUT2D eigenvalue weighted by Gasteiger charge is 2.20. The van der Waals surface area contributed by atoms with Crippen molar-refractivity contribution < 1.29 is 9.18 Å². The second-order valence-electron chi connectivity index (χ2n) is 7.46. The predicted molar refractivity (Wildman–Crippen MR) is 112 cm³/mol. The van der Waals surface area contributed by atoms with Crippen molar-refractivity contribution >= 4 is 17.2 Å². The Bertz CT molecular complexity index is 784. The molecule has 1 N–H and O–H groups in total. The number of piperazine rings is 1. The summed E-state index contributed by atoms with van der Waals surface area (Å²) >= 11 is 1.53. The SMILES string of the molecule is CCC(CN1CCN(C)CC1)NC(=O)Cc1sc(C)nc1-c1ccc(F)cc1. The maximum Gasteiger partial charge on any atom is 0.225 e. The fourth-order valence-corrected chi connectivity index (χ4v) is 4.42. The lowest BCUT2D eigenvalue weighted by Crippen LogP contribution is -2.50. The molecule has 1 unspecified atom stereocenters. The molecule has 1 aromatic heterocycles. The predicted octanol–water partition coefficient (Wildman–Crippen LogP) is 2.94. The highest BCUT2D eigenvalue weighted by atomic mass is 32.1. The Morgan fingerprint density at radius 3 is 2.57 bits per heavy atom. The number of carbonyl (C=O) groups excluding carboxylic acids is 1. The quantitative estimate of drug-likeness (QED) is 0.771. The van der Waals surface area contributed by atoms with E-state index in [4.69, 9.17) is 0 Å². The molecule has 1 aliphatic heterocycles. The van der Waals surface area contributed by atoms with Crippen molar-refractivity contribution in [2.45, 2.75) is 32.7 Å². The van der Waals surface area contributed by atoms with E-state index in [1.165, 1.54) is 23.5 Å². The van der Waals surface area contributed by atoms with Gasteiger partial charge in [0.15, 0.2) is 0 Å². The molecule has 0 radical (unpaired) electrons. The smallest absolute Gasteiger partial charge is 0.225 e. The fourth-order valence-electron chi connectivity index (χ4n) is 3.47. The van der Waals surface area contributed by atoms with Gasteiger partial charge in [0.25, 0.3) is 0 Å². The van der Waals surface area contributed by atoms with E-state index < -0.39 is 0 Å². The molecule has 1 atom stereocenters. The Morgan fingerprint density at radius 1 is 1.25 bits per heavy atom. The van der Waals surface area contributed by atoms with E-state index in [0.717, 1.165) is 60.3 Å². The second kappa shape index (κ2) is 9.58. The van der Waals surface area contributed by atoms with E-state index >= 15 is 0 Å². The molecule has 28 heavy (non-hydrogen) atoms. The topological polar surface area (TPSA) is 48.5 Å². The molecule has 0 aliphatic carbocycles. The Morgan fingerprint density at radius 2 is 1.93 bits per heavy atom. The van der Waals surface area contributed by atoms with E-state index in [1.54, 1.807) is 12.1 Å². The number of benzene rings is 1. The van der Waals surface area contributed by atoms with Crippen molar-refractivity contribution in [2.24, 2.45) is 0 Å². The van der Waals surface area contributed by atoms with Crippen LogP contribution in [-0.2, 0) is 11.2 Å². The molecular formula is C21H29FN4OS. The van der Waals surface area contributed by atoms with Crippen molar-refractivity contribution in [3.05, 3.63) is 40.0 Å². The van der Waals surface area contributed by atoms with E-state index in [1.807, 2.05) is 6.92 Å². The van der Waals surface area contributed by atoms with E-state index in [-0.39, 0.29) is 17.8 Å². The summed E-state index contributed by atoms with van der Waals surface area (Å²) in [5.74, 6) is -0.252. The molecular weight excluding hydrogens is 375 g/mol. The first kappa shape index (κ1) is 20.9. The van der Waals surface area contributed by atoms with Gasteiger partial charge in [-0.15, -0.1) is 11.3 Å². The summed E-state index contributed by atoms with van der Waals surface area (Å²) in [5.41, 5.74) is 1.63. The Labute approximate surface area is 170 Å². The van der Waals surface area contributed by atoms with E-state index in [9.17, 15) is 9.18 Å². The summed E-state index contributed by atoms with van der Waals surface area (Å²) in [6.45, 7) is 9.18. The third-order valence-electron chi connectivity index (χ3n) is 5.18. The number of nitrogens with one attached hydrogen (secondary N) is 1. The Kier molecular flexibility index (Phi) is 7.15. The molecule has 3 rings (SSSR count). The number of halogens is 1. The molecule has 1 amide bonds. The molecule has 1 fully saturated rings. The van der Waals surface area contributed by atoms with Gasteiger partial charge >= 0.3 is 0 Å². The molecule has 2 aromatic rings. The zero-order valence-electron chi connectivity index (χ0n) is 16.9. The van der Waals surface area contributed by atoms with Gasteiger partial charge in [0, 0.05) is 49.2 Å². The summed E-state index contributed by atoms with van der Waals surface area (Å²) in [6, 6.07) is 6.44. The monoisotopic (exact) mass is 404 g/mol. The van der Waals surface area contributed by atoms with Crippen LogP contribution in [0.2, 0.25) is 0 Å². The lowest BCUT2D eigenvalue weighted by Gasteiger charge is -2.34. The van der Waals surface area contributed by atoms with Gasteiger partial charge in [0.2, 0.25) is 5.91 Å². The van der Waals surface area contributed by atoms with Gasteiger partial charge in [0.1, 0.15) is 5.82 Å². The summed E-state index contributed by atoms with van der Waals surface area (Å²) in [5, 5.41) is 4.10. The minimum Gasteiger partial charge on any atom is -0.352 e. The van der Waals surface area contributed by atoms with Gasteiger partial charge in [-0.25, -0.2) is 9.37 Å². The minimum atomic E-state index is -0.273. The van der Waals surface area contributed by atoms with E-state index in [2.05, 4.69) is 34.1 Å². The number of amides is 1. The normalized spacial score (nSPS) is 16.9. The van der Waals surface area contributed by atoms with Crippen LogP contribution in [0.5, 0.6) is 0 Å². The summed E-state index contributed by atoms with van der Waals surface area (Å²) in [4.78, 5) is 23.0. The third-order valence-corrected chi connectivity index (χ3v) is 6.15. The fraction of sp³-hybridized carbons (Fsp3) is 0.524. The number of carbonyl (C=O) groups is 1. The van der Waals surface area contributed by atoms with Crippen molar-refractivity contribution in [1.29, 1.82) is 0 Å². The van der Waals surface area contributed by atoms with Gasteiger partial charge < -0.3 is 10.2 Å². The molecule has 2 heterocycles. The van der Waals surface area contributed by atoms with Crippen LogP contribution in [0.1, 0.15) is 23.2 Å². The van der Waals surface area contributed by atoms with Gasteiger partial charge in [-0.2, -0.15) is 0 Å². The number of thiazole rings is 1. The van der Waals surface area contributed by atoms with Crippen molar-refractivity contribution in [3.8, 4) is 11.3 Å². The second-order valence-corrected chi connectivity index (χ2v) is 8.75. The summed E-state index contributed by atoms with van der Waals surface area (Å²) in [7, 11) is 2.15. The first-order chi connectivity index (χ1) is 13.4. The van der Waals surface area contributed by atoms with Crippen LogP contribution < -0.4 is 5.32 Å². The highest BCUT2D eigenvalue weighted by molar-refractivity contribution is 7.12. The number of aryl methyl sites for hydroxylation is 1. The van der Waals surface area contributed by atoms with Crippen molar-refractivity contribution in [2.75, 3.05) is 39.8 Å². The lowest BCUT2D eigenvalue weighted by molar-refractivity contribution is -0.121. The van der Waals surface area contributed by atoms with Crippen LogP contribution in [0.3, 0.4) is 0 Å². The molecule has 1 saturated heterocycles. The lowest BCUT2D eigenvalue weighted by atomic mass is 10.1. The number of aromatic nitrogens is 1. The molecule has 7 heteroatoms. The van der Waals surface area contributed by atoms with E-state index in [0.29, 0.717) is 6.42 Å². The first-order valence-corrected chi connectivity index (χ1v) is 10.7. The Balaban J connectivity index is 1.61. The van der Waals surface area contributed by atoms with Crippen LogP contribution in [0.4, 0.5) is 4.39 Å². The molecule has 0 spiro atoms. The maximum absolute atomic E-state index is 13.2. The first-order valence-electron chi connectivity index (χ1n) is 9.87. The van der Waals surface area contributed by atoms with Crippen LogP contribution in [0, 0.1) is 12.7 Å². The van der Waals surface area contributed by atoms with Crippen LogP contribution in [-0.4, -0.2) is 66.5 Å². The number of nitrogens with zero attached hydrogens (tertiary/aromatic N) is 3. The standard InChI is InChI=1S/C21H29FN4OS/c1-4-18(14-26-11-9-25(3)10-12-26)24-20(27)13-19-21(23-15(2)28-19)16-5-7-17(22)8-6-16/h5-8,18H,4,9-14H2,1-3H3,(H,24,27). The number of rotatable bonds is 7. The van der Waals surface area contributed by atoms with Crippen molar-refractivity contribution in [1.82, 2.24) is 20.1 Å². The average molecular weight is 405 g/mol. The molecule has 1 aromatic carbocycles. The molecule has 152 valence electrons. The zero-order valence-corrected chi connectivity index (χ0v) is 17.7. The maximum atomic E-state index is 13.2. The largest absolute Gasteiger partial charge is 0.352 e. The summed E-state index contributed by atoms with van der Waals surface area (Å²) in [6.07, 6.45) is 1.21. The third kappa shape index (κ3) is 5.59. The molecule has 1 aliphatic rings. The number of hydrogen-bond acceptors (Lipinski definition) is 5. The molecule has 0 saturated carbocycles. The van der Waals surface area contributed by atoms with Crippen LogP contribution in [0.15, 0.2) is 24.3 Å². The minimum absolute atomic E-state index is 0.0213. The van der Waals surface area contributed by atoms with Crippen molar-refractivity contribution in [3.63, 3.8) is 0 Å². The zero-order chi connectivity index (χ0) is 20.1. The van der Waals surface area contributed by atoms with Gasteiger partial charge in [0.05, 0.1) is 17.1 Å². The number of hydrogen-bond donors (Lipinski definition) is 1. The highest BCUT2D eigenvalue weighted by Crippen LogP contribution is 2.28. The van der Waals surface area contributed by atoms with Gasteiger partial charge in [-0.1, -0.05) is 6.92 Å². The van der Waals surface area contributed by atoms with Crippen LogP contribution in [0.25, 0.3) is 11.3 Å². The Hall–Kier alpha value is -1.83. The number of likely N-dealkylation sites (N-methyl/N-ethyl adjacent to an activating group) is 1. The average Bonchev–Trinajstić information content (AvgIpc) is 3.03. The van der Waals surface area contributed by atoms with Crippen LogP contribution >= 0.6 is 11.3 Å². The summed E-state index contributed by atoms with van der Waals surface area (Å²) < 4.78 is 13.2.